The van der Waals surface area contributed by atoms with Gasteiger partial charge in [0.25, 0.3) is 5.91 Å². The third-order valence-electron chi connectivity index (χ3n) is 7.17. The molecule has 0 bridgehead atoms. The third-order valence-corrected chi connectivity index (χ3v) is 7.56. The minimum absolute atomic E-state index is 0.0817. The molecule has 1 aliphatic heterocycles. The summed E-state index contributed by atoms with van der Waals surface area (Å²) < 4.78 is 15.5. The SMILES string of the molecule is CN(C)C(=O)c1c(N)ccc(-c2cnc3c(c2Cl)C2(CCC(C(C)(C)O)CC2)CN3)c1F. The molecule has 2 aliphatic rings. The second-order valence-corrected chi connectivity index (χ2v) is 10.2. The Labute approximate surface area is 193 Å². The van der Waals surface area contributed by atoms with Crippen LogP contribution >= 0.6 is 11.6 Å². The number of aliphatic hydroxyl groups is 1. The number of nitrogens with zero attached hydrogens (tertiary/aromatic N) is 2. The lowest BCUT2D eigenvalue weighted by Crippen LogP contribution is -2.40. The van der Waals surface area contributed by atoms with E-state index in [0.29, 0.717) is 17.1 Å². The molecule has 32 heavy (non-hydrogen) atoms. The molecule has 4 N–H and O–H groups in total. The van der Waals surface area contributed by atoms with Crippen LogP contribution in [0.3, 0.4) is 0 Å². The molecule has 1 spiro atoms. The summed E-state index contributed by atoms with van der Waals surface area (Å²) in [5, 5.41) is 14.3. The van der Waals surface area contributed by atoms with Crippen molar-refractivity contribution in [2.45, 2.75) is 50.5 Å². The molecule has 2 aromatic rings. The highest BCUT2D eigenvalue weighted by Gasteiger charge is 2.46. The first-order valence-corrected chi connectivity index (χ1v) is 11.3. The number of anilines is 2. The van der Waals surface area contributed by atoms with Gasteiger partial charge in [0.15, 0.2) is 0 Å². The van der Waals surface area contributed by atoms with Crippen LogP contribution in [-0.4, -0.2) is 47.1 Å². The maximum atomic E-state index is 15.5. The molecule has 1 aliphatic carbocycles. The zero-order valence-electron chi connectivity index (χ0n) is 18.9. The maximum Gasteiger partial charge on any atom is 0.258 e. The molecule has 6 nitrogen and oxygen atoms in total. The molecule has 4 rings (SSSR count). The van der Waals surface area contributed by atoms with Crippen molar-refractivity contribution < 1.29 is 14.3 Å². The molecule has 0 saturated heterocycles. The number of carbonyl (C=O) groups excluding carboxylic acids is 1. The number of hydrogen-bond acceptors (Lipinski definition) is 5. The Bertz CT molecular complexity index is 1070. The van der Waals surface area contributed by atoms with E-state index in [1.54, 1.807) is 26.4 Å². The fraction of sp³-hybridized carbons (Fsp3) is 0.500. The molecule has 0 atom stereocenters. The van der Waals surface area contributed by atoms with Crippen molar-refractivity contribution in [3.05, 3.63) is 40.3 Å². The van der Waals surface area contributed by atoms with Gasteiger partial charge < -0.3 is 21.1 Å². The van der Waals surface area contributed by atoms with Crippen molar-refractivity contribution in [1.82, 2.24) is 9.88 Å². The Morgan fingerprint density at radius 3 is 2.56 bits per heavy atom. The van der Waals surface area contributed by atoms with Crippen LogP contribution in [0.25, 0.3) is 11.1 Å². The first-order valence-electron chi connectivity index (χ1n) is 10.9. The molecule has 0 radical (unpaired) electrons. The fourth-order valence-corrected chi connectivity index (χ4v) is 5.62. The predicted octanol–water partition coefficient (Wildman–Crippen LogP) is 4.45. The van der Waals surface area contributed by atoms with Crippen molar-refractivity contribution in [3.63, 3.8) is 0 Å². The molecule has 8 heteroatoms. The lowest BCUT2D eigenvalue weighted by Gasteiger charge is -2.41. The predicted molar refractivity (Wildman–Crippen MR) is 125 cm³/mol. The van der Waals surface area contributed by atoms with E-state index >= 15 is 4.39 Å². The van der Waals surface area contributed by atoms with Gasteiger partial charge in [0.05, 0.1) is 16.2 Å². The highest BCUT2D eigenvalue weighted by atomic mass is 35.5. The van der Waals surface area contributed by atoms with Crippen LogP contribution in [0.2, 0.25) is 5.02 Å². The molecule has 1 aromatic heterocycles. The highest BCUT2D eigenvalue weighted by molar-refractivity contribution is 6.34. The number of hydrogen-bond donors (Lipinski definition) is 3. The molecule has 1 amide bonds. The topological polar surface area (TPSA) is 91.5 Å². The van der Waals surface area contributed by atoms with E-state index in [9.17, 15) is 9.90 Å². The first kappa shape index (κ1) is 22.8. The van der Waals surface area contributed by atoms with Gasteiger partial charge in [-0.15, -0.1) is 0 Å². The summed E-state index contributed by atoms with van der Waals surface area (Å²) in [6.07, 6.45) is 5.03. The van der Waals surface area contributed by atoms with Crippen LogP contribution in [0, 0.1) is 11.7 Å². The van der Waals surface area contributed by atoms with Crippen molar-refractivity contribution in [2.75, 3.05) is 31.7 Å². The Balaban J connectivity index is 1.78. The Kier molecular flexibility index (Phi) is 5.62. The maximum absolute atomic E-state index is 15.5. The number of amides is 1. The molecule has 172 valence electrons. The average molecular weight is 461 g/mol. The van der Waals surface area contributed by atoms with Gasteiger partial charge in [0, 0.05) is 54.6 Å². The second-order valence-electron chi connectivity index (χ2n) is 9.86. The van der Waals surface area contributed by atoms with E-state index in [-0.39, 0.29) is 28.1 Å². The molecular formula is C24H30ClFN4O2. The van der Waals surface area contributed by atoms with Gasteiger partial charge in [-0.05, 0) is 57.6 Å². The van der Waals surface area contributed by atoms with E-state index in [2.05, 4.69) is 10.3 Å². The van der Waals surface area contributed by atoms with Gasteiger partial charge in [0.1, 0.15) is 11.6 Å². The van der Waals surface area contributed by atoms with Crippen LogP contribution in [0.5, 0.6) is 0 Å². The smallest absolute Gasteiger partial charge is 0.258 e. The van der Waals surface area contributed by atoms with Gasteiger partial charge in [-0.3, -0.25) is 4.79 Å². The van der Waals surface area contributed by atoms with E-state index in [4.69, 9.17) is 17.3 Å². The monoisotopic (exact) mass is 460 g/mol. The standard InChI is InChI=1S/C24H30ClFN4O2/c1-23(2,32)13-7-9-24(10-8-13)12-29-21-18(24)19(25)15(11-28-21)14-5-6-16(27)17(20(14)26)22(31)30(3)4/h5-6,11,13,32H,7-10,12,27H2,1-4H3,(H,28,29). The Hall–Kier alpha value is -2.38. The summed E-state index contributed by atoms with van der Waals surface area (Å²) in [7, 11) is 3.11. The Morgan fingerprint density at radius 1 is 1.31 bits per heavy atom. The fourth-order valence-electron chi connectivity index (χ4n) is 5.18. The molecule has 1 fully saturated rings. The van der Waals surface area contributed by atoms with E-state index in [1.807, 2.05) is 13.8 Å². The van der Waals surface area contributed by atoms with Crippen LogP contribution in [0.1, 0.15) is 55.5 Å². The quantitative estimate of drug-likeness (QED) is 0.588. The summed E-state index contributed by atoms with van der Waals surface area (Å²) in [6.45, 7) is 4.44. The largest absolute Gasteiger partial charge is 0.398 e. The zero-order chi connectivity index (χ0) is 23.4. The number of nitrogen functional groups attached to an aromatic ring is 1. The highest BCUT2D eigenvalue weighted by Crippen LogP contribution is 2.53. The number of benzene rings is 1. The van der Waals surface area contributed by atoms with Crippen LogP contribution in [-0.2, 0) is 5.41 Å². The van der Waals surface area contributed by atoms with Crippen molar-refractivity contribution in [2.24, 2.45) is 5.92 Å². The van der Waals surface area contributed by atoms with E-state index in [0.717, 1.165) is 37.1 Å². The molecule has 1 saturated carbocycles. The van der Waals surface area contributed by atoms with Gasteiger partial charge >= 0.3 is 0 Å². The summed E-state index contributed by atoms with van der Waals surface area (Å²) in [6, 6.07) is 3.08. The number of fused-ring (bicyclic) bond motifs is 2. The van der Waals surface area contributed by atoms with Crippen LogP contribution in [0.4, 0.5) is 15.9 Å². The number of nitrogens with one attached hydrogen (secondary N) is 1. The number of halogens is 2. The van der Waals surface area contributed by atoms with Crippen molar-refractivity contribution in [1.29, 1.82) is 0 Å². The van der Waals surface area contributed by atoms with Gasteiger partial charge in [-0.2, -0.15) is 0 Å². The summed E-state index contributed by atoms with van der Waals surface area (Å²) in [5.41, 5.74) is 6.48. The normalized spacial score (nSPS) is 22.5. The van der Waals surface area contributed by atoms with Gasteiger partial charge in [-0.25, -0.2) is 9.37 Å². The third kappa shape index (κ3) is 3.61. The summed E-state index contributed by atoms with van der Waals surface area (Å²) in [5.74, 6) is -0.254. The number of nitrogens with two attached hydrogens (primary N) is 1. The van der Waals surface area contributed by atoms with Gasteiger partial charge in [-0.1, -0.05) is 11.6 Å². The zero-order valence-corrected chi connectivity index (χ0v) is 19.7. The lowest BCUT2D eigenvalue weighted by atomic mass is 9.65. The minimum Gasteiger partial charge on any atom is -0.398 e. The number of aromatic nitrogens is 1. The van der Waals surface area contributed by atoms with Crippen LogP contribution in [0.15, 0.2) is 18.3 Å². The molecular weight excluding hydrogens is 431 g/mol. The van der Waals surface area contributed by atoms with Crippen LogP contribution < -0.4 is 11.1 Å². The van der Waals surface area contributed by atoms with Gasteiger partial charge in [0.2, 0.25) is 0 Å². The number of carbonyl (C=O) groups is 1. The Morgan fingerprint density at radius 2 is 1.97 bits per heavy atom. The molecule has 2 heterocycles. The number of rotatable bonds is 3. The van der Waals surface area contributed by atoms with Crippen molar-refractivity contribution >= 4 is 29.0 Å². The summed E-state index contributed by atoms with van der Waals surface area (Å²) >= 11 is 6.92. The molecule has 1 aromatic carbocycles. The second kappa shape index (κ2) is 7.89. The molecule has 0 unspecified atom stereocenters. The average Bonchev–Trinajstić information content (AvgIpc) is 3.07. The lowest BCUT2D eigenvalue weighted by molar-refractivity contribution is -0.00815. The minimum atomic E-state index is -0.719. The number of pyridine rings is 1. The summed E-state index contributed by atoms with van der Waals surface area (Å²) in [4.78, 5) is 18.4. The van der Waals surface area contributed by atoms with Crippen molar-refractivity contribution in [3.8, 4) is 11.1 Å². The van der Waals surface area contributed by atoms with E-state index < -0.39 is 17.3 Å². The first-order chi connectivity index (χ1) is 15.0. The van der Waals surface area contributed by atoms with E-state index in [1.165, 1.54) is 11.0 Å².